The first-order valence-electron chi connectivity index (χ1n) is 7.81. The van der Waals surface area contributed by atoms with Crippen LogP contribution >= 0.6 is 0 Å². The summed E-state index contributed by atoms with van der Waals surface area (Å²) >= 11 is 0. The second-order valence-electron chi connectivity index (χ2n) is 5.63. The average Bonchev–Trinajstić information content (AvgIpc) is 2.63. The number of hydrogen-bond donors (Lipinski definition) is 0. The highest BCUT2D eigenvalue weighted by atomic mass is 16.5. The van der Waals surface area contributed by atoms with Crippen LogP contribution in [0, 0.1) is 0 Å². The highest BCUT2D eigenvalue weighted by molar-refractivity contribution is 5.94. The van der Waals surface area contributed by atoms with Crippen LogP contribution in [0.1, 0.15) is 27.5 Å². The number of morpholine rings is 1. The molecule has 1 atom stereocenters. The fourth-order valence-electron chi connectivity index (χ4n) is 2.87. The number of benzene rings is 2. The lowest BCUT2D eigenvalue weighted by molar-refractivity contribution is -0.00269. The Morgan fingerprint density at radius 2 is 1.91 bits per heavy atom. The van der Waals surface area contributed by atoms with Crippen molar-refractivity contribution in [1.82, 2.24) is 4.90 Å². The van der Waals surface area contributed by atoms with Crippen LogP contribution in [-0.2, 0) is 16.1 Å². The molecule has 3 rings (SSSR count). The van der Waals surface area contributed by atoms with Gasteiger partial charge >= 0.3 is 0 Å². The molecule has 0 unspecified atom stereocenters. The fraction of sp³-hybridized carbons (Fsp3) is 0.316. The summed E-state index contributed by atoms with van der Waals surface area (Å²) in [7, 11) is 1.66. The Morgan fingerprint density at radius 1 is 1.17 bits per heavy atom. The van der Waals surface area contributed by atoms with E-state index in [9.17, 15) is 4.79 Å². The number of amides is 1. The molecule has 2 aromatic carbocycles. The number of ether oxygens (including phenoxy) is 2. The van der Waals surface area contributed by atoms with E-state index in [0.29, 0.717) is 31.9 Å². The van der Waals surface area contributed by atoms with E-state index in [1.165, 1.54) is 0 Å². The van der Waals surface area contributed by atoms with Gasteiger partial charge in [-0.25, -0.2) is 0 Å². The van der Waals surface area contributed by atoms with E-state index >= 15 is 0 Å². The Morgan fingerprint density at radius 3 is 2.61 bits per heavy atom. The summed E-state index contributed by atoms with van der Waals surface area (Å²) < 4.78 is 10.7. The van der Waals surface area contributed by atoms with E-state index in [1.54, 1.807) is 7.11 Å². The smallest absolute Gasteiger partial charge is 0.254 e. The van der Waals surface area contributed by atoms with Crippen molar-refractivity contribution in [2.75, 3.05) is 26.9 Å². The molecule has 0 aliphatic carbocycles. The van der Waals surface area contributed by atoms with Gasteiger partial charge in [0.2, 0.25) is 0 Å². The zero-order valence-corrected chi connectivity index (χ0v) is 13.3. The van der Waals surface area contributed by atoms with Gasteiger partial charge in [0.1, 0.15) is 0 Å². The number of carbonyl (C=O) groups excluding carboxylic acids is 1. The van der Waals surface area contributed by atoms with Gasteiger partial charge in [-0.1, -0.05) is 42.5 Å². The third kappa shape index (κ3) is 3.60. The molecule has 0 bridgehead atoms. The zero-order valence-electron chi connectivity index (χ0n) is 13.3. The summed E-state index contributed by atoms with van der Waals surface area (Å²) in [4.78, 5) is 14.8. The van der Waals surface area contributed by atoms with Crippen LogP contribution in [0.15, 0.2) is 54.6 Å². The second kappa shape index (κ2) is 7.40. The zero-order chi connectivity index (χ0) is 16.1. The van der Waals surface area contributed by atoms with Gasteiger partial charge in [-0.3, -0.25) is 4.79 Å². The molecule has 1 fully saturated rings. The van der Waals surface area contributed by atoms with Crippen molar-refractivity contribution in [3.63, 3.8) is 0 Å². The van der Waals surface area contributed by atoms with Crippen LogP contribution in [0.3, 0.4) is 0 Å². The molecule has 2 aromatic rings. The molecule has 1 amide bonds. The Kier molecular flexibility index (Phi) is 5.05. The van der Waals surface area contributed by atoms with Crippen molar-refractivity contribution in [3.05, 3.63) is 71.3 Å². The Labute approximate surface area is 136 Å². The number of rotatable bonds is 4. The van der Waals surface area contributed by atoms with E-state index in [2.05, 4.69) is 0 Å². The molecule has 0 radical (unpaired) electrons. The monoisotopic (exact) mass is 311 g/mol. The van der Waals surface area contributed by atoms with Gasteiger partial charge in [0.05, 0.1) is 25.9 Å². The van der Waals surface area contributed by atoms with Gasteiger partial charge < -0.3 is 14.4 Å². The summed E-state index contributed by atoms with van der Waals surface area (Å²) in [6.07, 6.45) is 0. The fourth-order valence-corrected chi connectivity index (χ4v) is 2.87. The predicted molar refractivity (Wildman–Crippen MR) is 88.2 cm³/mol. The van der Waals surface area contributed by atoms with Crippen LogP contribution in [0.2, 0.25) is 0 Å². The van der Waals surface area contributed by atoms with Crippen molar-refractivity contribution in [3.8, 4) is 0 Å². The Hall–Kier alpha value is -2.17. The average molecular weight is 311 g/mol. The first-order valence-corrected chi connectivity index (χ1v) is 7.81. The standard InChI is InChI=1S/C19H21NO3/c1-22-13-15-7-9-17(10-8-15)19(21)20-11-12-23-14-18(20)16-5-3-2-4-6-16/h2-10,18H,11-14H2,1H3/t18-/m1/s1. The summed E-state index contributed by atoms with van der Waals surface area (Å²) in [6.45, 7) is 2.28. The van der Waals surface area contributed by atoms with Gasteiger partial charge in [-0.05, 0) is 23.3 Å². The molecular formula is C19H21NO3. The quantitative estimate of drug-likeness (QED) is 0.871. The lowest BCUT2D eigenvalue weighted by Crippen LogP contribution is -2.43. The number of methoxy groups -OCH3 is 1. The molecule has 4 heteroatoms. The molecule has 0 aromatic heterocycles. The largest absolute Gasteiger partial charge is 0.380 e. The van der Waals surface area contributed by atoms with Crippen molar-refractivity contribution >= 4 is 5.91 Å². The van der Waals surface area contributed by atoms with Gasteiger partial charge in [0.25, 0.3) is 5.91 Å². The molecule has 0 N–H and O–H groups in total. The first-order chi connectivity index (χ1) is 11.3. The van der Waals surface area contributed by atoms with Crippen LogP contribution in [0.4, 0.5) is 0 Å². The van der Waals surface area contributed by atoms with E-state index in [4.69, 9.17) is 9.47 Å². The van der Waals surface area contributed by atoms with Crippen molar-refractivity contribution in [1.29, 1.82) is 0 Å². The van der Waals surface area contributed by atoms with Crippen LogP contribution in [-0.4, -0.2) is 37.7 Å². The van der Waals surface area contributed by atoms with Crippen molar-refractivity contribution in [2.24, 2.45) is 0 Å². The summed E-state index contributed by atoms with van der Waals surface area (Å²) in [5, 5.41) is 0. The summed E-state index contributed by atoms with van der Waals surface area (Å²) in [6, 6.07) is 17.6. The second-order valence-corrected chi connectivity index (χ2v) is 5.63. The van der Waals surface area contributed by atoms with E-state index < -0.39 is 0 Å². The molecule has 0 saturated carbocycles. The Bertz CT molecular complexity index is 639. The Balaban J connectivity index is 1.81. The first kappa shape index (κ1) is 15.7. The summed E-state index contributed by atoms with van der Waals surface area (Å²) in [5.41, 5.74) is 2.87. The molecule has 0 spiro atoms. The summed E-state index contributed by atoms with van der Waals surface area (Å²) in [5.74, 6) is 0.0473. The minimum atomic E-state index is -0.0314. The third-order valence-corrected chi connectivity index (χ3v) is 4.09. The van der Waals surface area contributed by atoms with Gasteiger partial charge in [0, 0.05) is 19.2 Å². The van der Waals surface area contributed by atoms with Crippen LogP contribution in [0.5, 0.6) is 0 Å². The molecular weight excluding hydrogens is 290 g/mol. The van der Waals surface area contributed by atoms with Gasteiger partial charge in [-0.2, -0.15) is 0 Å². The minimum absolute atomic E-state index is 0.0314. The molecule has 1 aliphatic heterocycles. The van der Waals surface area contributed by atoms with Gasteiger partial charge in [0.15, 0.2) is 0 Å². The number of carbonyl (C=O) groups is 1. The maximum Gasteiger partial charge on any atom is 0.254 e. The number of hydrogen-bond acceptors (Lipinski definition) is 3. The molecule has 120 valence electrons. The molecule has 1 heterocycles. The highest BCUT2D eigenvalue weighted by Gasteiger charge is 2.29. The van der Waals surface area contributed by atoms with Crippen molar-refractivity contribution < 1.29 is 14.3 Å². The van der Waals surface area contributed by atoms with Crippen LogP contribution < -0.4 is 0 Å². The molecule has 23 heavy (non-hydrogen) atoms. The molecule has 1 saturated heterocycles. The third-order valence-electron chi connectivity index (χ3n) is 4.09. The minimum Gasteiger partial charge on any atom is -0.380 e. The van der Waals surface area contributed by atoms with Gasteiger partial charge in [-0.15, -0.1) is 0 Å². The lowest BCUT2D eigenvalue weighted by atomic mass is 10.0. The van der Waals surface area contributed by atoms with E-state index in [-0.39, 0.29) is 11.9 Å². The van der Waals surface area contributed by atoms with E-state index in [1.807, 2.05) is 59.5 Å². The molecule has 1 aliphatic rings. The topological polar surface area (TPSA) is 38.8 Å². The normalized spacial score (nSPS) is 18.0. The van der Waals surface area contributed by atoms with Crippen molar-refractivity contribution in [2.45, 2.75) is 12.6 Å². The SMILES string of the molecule is COCc1ccc(C(=O)N2CCOC[C@@H]2c2ccccc2)cc1. The number of nitrogens with zero attached hydrogens (tertiary/aromatic N) is 1. The maximum atomic E-state index is 12.9. The maximum absolute atomic E-state index is 12.9. The predicted octanol–water partition coefficient (Wildman–Crippen LogP) is 3.05. The lowest BCUT2D eigenvalue weighted by Gasteiger charge is -2.36. The van der Waals surface area contributed by atoms with Crippen LogP contribution in [0.25, 0.3) is 0 Å². The molecule has 4 nitrogen and oxygen atoms in total. The van der Waals surface area contributed by atoms with E-state index in [0.717, 1.165) is 11.1 Å². The highest BCUT2D eigenvalue weighted by Crippen LogP contribution is 2.26.